The summed E-state index contributed by atoms with van der Waals surface area (Å²) in [6, 6.07) is 2.41. The molecule has 2 N–H and O–H groups in total. The number of rotatable bonds is 8. The number of nitrogens with zero attached hydrogens (tertiary/aromatic N) is 7. The lowest BCUT2D eigenvalue weighted by molar-refractivity contribution is -0.146. The molecule has 3 aromatic rings. The number of piperazine rings is 1. The number of carbonyl (C=O) groups is 2. The molecule has 2 aliphatic rings. The summed E-state index contributed by atoms with van der Waals surface area (Å²) in [5.74, 6) is -2.01. The van der Waals surface area contributed by atoms with Gasteiger partial charge in [-0.15, -0.1) is 0 Å². The number of aromatic nitrogens is 5. The molecule has 1 aliphatic carbocycles. The molecule has 1 unspecified atom stereocenters. The molecule has 0 spiro atoms. The van der Waals surface area contributed by atoms with E-state index in [1.807, 2.05) is 23.6 Å². The first kappa shape index (κ1) is 29.5. The smallest absolute Gasteiger partial charge is 0.242 e. The first-order valence-corrected chi connectivity index (χ1v) is 13.9. The maximum atomic E-state index is 13.8. The van der Waals surface area contributed by atoms with Crippen molar-refractivity contribution < 1.29 is 28.2 Å². The third-order valence-electron chi connectivity index (χ3n) is 7.74. The lowest BCUT2D eigenvalue weighted by atomic mass is 9.86. The van der Waals surface area contributed by atoms with Crippen LogP contribution in [0.3, 0.4) is 0 Å². The monoisotopic (exact) mass is 584 g/mol. The molecule has 0 radical (unpaired) electrons. The van der Waals surface area contributed by atoms with Crippen LogP contribution < -0.4 is 10.1 Å². The van der Waals surface area contributed by atoms with Crippen molar-refractivity contribution in [3.63, 3.8) is 0 Å². The summed E-state index contributed by atoms with van der Waals surface area (Å²) in [6.07, 6.45) is 4.42. The molecule has 2 amide bonds. The summed E-state index contributed by atoms with van der Waals surface area (Å²) >= 11 is 0. The predicted octanol–water partition coefficient (Wildman–Crippen LogP) is 2.19. The van der Waals surface area contributed by atoms with Gasteiger partial charge in [0.1, 0.15) is 5.82 Å². The second-order valence-corrected chi connectivity index (χ2v) is 11.2. The SMILES string of the molecule is C[C@@H](C(=O)Nc1cnc(Oc2ccc(F)cc2F)cn1)N1CCN(C(=O)C2CCc3nn(CCO)nc3C2)C(C)(C)C1. The number of aliphatic hydroxyl groups excluding tert-OH is 1. The van der Waals surface area contributed by atoms with Gasteiger partial charge in [-0.1, -0.05) is 0 Å². The molecule has 1 saturated heterocycles. The number of hydrogen-bond acceptors (Lipinski definition) is 9. The molecular formula is C28H34F2N8O4. The van der Waals surface area contributed by atoms with Crippen molar-refractivity contribution in [1.29, 1.82) is 0 Å². The Bertz CT molecular complexity index is 1450. The molecule has 3 heterocycles. The van der Waals surface area contributed by atoms with Crippen molar-refractivity contribution in [1.82, 2.24) is 34.8 Å². The van der Waals surface area contributed by atoms with Crippen molar-refractivity contribution in [2.45, 2.75) is 58.2 Å². The van der Waals surface area contributed by atoms with E-state index in [1.54, 1.807) is 6.92 Å². The van der Waals surface area contributed by atoms with Crippen LogP contribution >= 0.6 is 0 Å². The maximum Gasteiger partial charge on any atom is 0.242 e. The van der Waals surface area contributed by atoms with Gasteiger partial charge in [-0.25, -0.2) is 18.7 Å². The molecule has 224 valence electrons. The van der Waals surface area contributed by atoms with Crippen LogP contribution in [0.25, 0.3) is 0 Å². The van der Waals surface area contributed by atoms with Gasteiger partial charge in [-0.3, -0.25) is 14.5 Å². The summed E-state index contributed by atoms with van der Waals surface area (Å²) in [5.41, 5.74) is 1.21. The lowest BCUT2D eigenvalue weighted by Gasteiger charge is -2.49. The van der Waals surface area contributed by atoms with Crippen LogP contribution in [0.4, 0.5) is 14.6 Å². The molecule has 5 rings (SSSR count). The Morgan fingerprint density at radius 1 is 1.17 bits per heavy atom. The van der Waals surface area contributed by atoms with Crippen LogP contribution in [0.15, 0.2) is 30.6 Å². The Labute approximate surface area is 241 Å². The van der Waals surface area contributed by atoms with E-state index < -0.39 is 23.2 Å². The second-order valence-electron chi connectivity index (χ2n) is 11.2. The average molecular weight is 585 g/mol. The Kier molecular flexibility index (Phi) is 8.45. The Balaban J connectivity index is 1.15. The quantitative estimate of drug-likeness (QED) is 0.408. The van der Waals surface area contributed by atoms with Crippen molar-refractivity contribution >= 4 is 17.6 Å². The van der Waals surface area contributed by atoms with Gasteiger partial charge in [0.05, 0.1) is 48.5 Å². The Morgan fingerprint density at radius 2 is 1.95 bits per heavy atom. The minimum Gasteiger partial charge on any atom is -0.434 e. The number of aryl methyl sites for hydroxylation is 1. The predicted molar refractivity (Wildman–Crippen MR) is 147 cm³/mol. The zero-order chi connectivity index (χ0) is 30.0. The molecular weight excluding hydrogens is 550 g/mol. The molecule has 12 nitrogen and oxygen atoms in total. The highest BCUT2D eigenvalue weighted by molar-refractivity contribution is 5.93. The summed E-state index contributed by atoms with van der Waals surface area (Å²) < 4.78 is 32.3. The summed E-state index contributed by atoms with van der Waals surface area (Å²) in [5, 5.41) is 20.8. The molecule has 2 aromatic heterocycles. The highest BCUT2D eigenvalue weighted by Crippen LogP contribution is 2.30. The maximum absolute atomic E-state index is 13.8. The van der Waals surface area contributed by atoms with E-state index in [9.17, 15) is 18.4 Å². The van der Waals surface area contributed by atoms with E-state index >= 15 is 0 Å². The molecule has 42 heavy (non-hydrogen) atoms. The van der Waals surface area contributed by atoms with Crippen LogP contribution in [-0.4, -0.2) is 89.5 Å². The molecule has 1 fully saturated rings. The van der Waals surface area contributed by atoms with Crippen LogP contribution in [0.1, 0.15) is 38.6 Å². The number of benzene rings is 1. The van der Waals surface area contributed by atoms with E-state index in [4.69, 9.17) is 9.84 Å². The number of aliphatic hydroxyl groups is 1. The normalized spacial score (nSPS) is 19.2. The fourth-order valence-electron chi connectivity index (χ4n) is 5.47. The van der Waals surface area contributed by atoms with Gasteiger partial charge < -0.3 is 20.1 Å². The number of ether oxygens (including phenoxy) is 1. The van der Waals surface area contributed by atoms with Gasteiger partial charge in [0.2, 0.25) is 17.7 Å². The van der Waals surface area contributed by atoms with E-state index in [0.29, 0.717) is 51.5 Å². The van der Waals surface area contributed by atoms with Gasteiger partial charge in [-0.05, 0) is 45.7 Å². The number of hydrogen-bond donors (Lipinski definition) is 2. The standard InChI is InChI=1S/C28H34F2N8O4/c1-17(26(40)33-24-14-32-25(15-31-24)42-23-7-5-19(29)13-20(23)30)36-8-9-37(28(2,3)16-36)27(41)18-4-6-21-22(12-18)35-38(34-21)10-11-39/h5,7,13-15,17-18,39H,4,6,8-12,16H2,1-3H3,(H,31,33,40)/t17-,18?/m0/s1. The highest BCUT2D eigenvalue weighted by Gasteiger charge is 2.42. The molecule has 2 atom stereocenters. The van der Waals surface area contributed by atoms with Crippen molar-refractivity contribution in [3.05, 3.63) is 53.6 Å². The fourth-order valence-corrected chi connectivity index (χ4v) is 5.47. The first-order chi connectivity index (χ1) is 20.0. The summed E-state index contributed by atoms with van der Waals surface area (Å²) in [6.45, 7) is 7.59. The molecule has 0 saturated carbocycles. The zero-order valence-corrected chi connectivity index (χ0v) is 23.8. The summed E-state index contributed by atoms with van der Waals surface area (Å²) in [7, 11) is 0. The topological polar surface area (TPSA) is 139 Å². The highest BCUT2D eigenvalue weighted by atomic mass is 19.1. The molecule has 14 heteroatoms. The third-order valence-corrected chi connectivity index (χ3v) is 7.74. The minimum absolute atomic E-state index is 0.0157. The van der Waals surface area contributed by atoms with E-state index in [2.05, 4.69) is 25.5 Å². The lowest BCUT2D eigenvalue weighted by Crippen LogP contribution is -2.64. The van der Waals surface area contributed by atoms with Crippen molar-refractivity contribution in [2.75, 3.05) is 31.6 Å². The molecule has 1 aromatic carbocycles. The minimum atomic E-state index is -0.871. The second kappa shape index (κ2) is 12.1. The Morgan fingerprint density at radius 3 is 2.64 bits per heavy atom. The Hall–Kier alpha value is -4.04. The third kappa shape index (κ3) is 6.39. The molecule has 0 bridgehead atoms. The van der Waals surface area contributed by atoms with Gasteiger partial charge >= 0.3 is 0 Å². The number of carbonyl (C=O) groups excluding carboxylic acids is 2. The van der Waals surface area contributed by atoms with E-state index in [0.717, 1.165) is 23.5 Å². The number of fused-ring (bicyclic) bond motifs is 1. The zero-order valence-electron chi connectivity index (χ0n) is 23.8. The fraction of sp³-hybridized carbons (Fsp3) is 0.500. The number of halogens is 2. The average Bonchev–Trinajstić information content (AvgIpc) is 3.36. The largest absolute Gasteiger partial charge is 0.434 e. The van der Waals surface area contributed by atoms with Gasteiger partial charge in [0.25, 0.3) is 0 Å². The number of nitrogens with one attached hydrogen (secondary N) is 1. The van der Waals surface area contributed by atoms with Crippen LogP contribution in [0.5, 0.6) is 11.6 Å². The molecule has 1 aliphatic heterocycles. The first-order valence-electron chi connectivity index (χ1n) is 13.9. The van der Waals surface area contributed by atoms with Gasteiger partial charge in [0.15, 0.2) is 17.4 Å². The van der Waals surface area contributed by atoms with E-state index in [1.165, 1.54) is 17.2 Å². The van der Waals surface area contributed by atoms with Crippen LogP contribution in [-0.2, 0) is 29.0 Å². The van der Waals surface area contributed by atoms with E-state index in [-0.39, 0.29) is 41.8 Å². The number of anilines is 1. The van der Waals surface area contributed by atoms with Crippen LogP contribution in [0.2, 0.25) is 0 Å². The van der Waals surface area contributed by atoms with Crippen molar-refractivity contribution in [3.8, 4) is 11.6 Å². The van der Waals surface area contributed by atoms with Crippen molar-refractivity contribution in [2.24, 2.45) is 5.92 Å². The van der Waals surface area contributed by atoms with Crippen LogP contribution in [0, 0.1) is 17.6 Å². The van der Waals surface area contributed by atoms with Gasteiger partial charge in [-0.2, -0.15) is 15.0 Å². The summed E-state index contributed by atoms with van der Waals surface area (Å²) in [4.78, 5) is 40.3. The number of amides is 2. The van der Waals surface area contributed by atoms with Gasteiger partial charge in [0, 0.05) is 38.0 Å².